The molecule has 0 spiro atoms. The lowest BCUT2D eigenvalue weighted by Crippen LogP contribution is -2.44. The van der Waals surface area contributed by atoms with Crippen LogP contribution in [0.5, 0.6) is 0 Å². The Morgan fingerprint density at radius 1 is 1.40 bits per heavy atom. The number of piperidine rings is 1. The molecule has 1 aromatic rings. The average Bonchev–Trinajstić information content (AvgIpc) is 2.44. The lowest BCUT2D eigenvalue weighted by Gasteiger charge is -2.31. The van der Waals surface area contributed by atoms with Crippen LogP contribution in [0.2, 0.25) is 0 Å². The largest absolute Gasteiger partial charge is 0.396 e. The monoisotopic (exact) mass is 344 g/mol. The highest BCUT2D eigenvalue weighted by Crippen LogP contribution is 2.17. The first-order chi connectivity index (χ1) is 9.58. The van der Waals surface area contributed by atoms with E-state index in [2.05, 4.69) is 21.2 Å². The van der Waals surface area contributed by atoms with Crippen LogP contribution in [-0.2, 0) is 6.54 Å². The molecule has 0 aliphatic carbocycles. The summed E-state index contributed by atoms with van der Waals surface area (Å²) in [5.74, 6) is -0.0226. The Labute approximate surface area is 126 Å². The molecule has 1 fully saturated rings. The zero-order valence-corrected chi connectivity index (χ0v) is 12.7. The van der Waals surface area contributed by atoms with Gasteiger partial charge < -0.3 is 15.3 Å². The van der Waals surface area contributed by atoms with E-state index in [0.717, 1.165) is 18.4 Å². The molecule has 2 N–H and O–H groups in total. The van der Waals surface area contributed by atoms with Crippen molar-refractivity contribution in [2.75, 3.05) is 19.7 Å². The molecule has 1 aliphatic rings. The van der Waals surface area contributed by atoms with Crippen LogP contribution in [0.15, 0.2) is 22.7 Å². The number of rotatable bonds is 3. The van der Waals surface area contributed by atoms with Crippen LogP contribution >= 0.6 is 15.9 Å². The van der Waals surface area contributed by atoms with Crippen molar-refractivity contribution in [2.45, 2.75) is 19.4 Å². The Hall–Kier alpha value is -1.14. The lowest BCUT2D eigenvalue weighted by atomic mass is 9.98. The van der Waals surface area contributed by atoms with E-state index >= 15 is 0 Å². The quantitative estimate of drug-likeness (QED) is 0.885. The number of aliphatic hydroxyl groups is 1. The minimum Gasteiger partial charge on any atom is -0.396 e. The van der Waals surface area contributed by atoms with E-state index in [1.54, 1.807) is 11.0 Å². The molecule has 0 radical (unpaired) electrons. The van der Waals surface area contributed by atoms with Gasteiger partial charge in [-0.3, -0.25) is 0 Å². The van der Waals surface area contributed by atoms with Crippen molar-refractivity contribution in [3.63, 3.8) is 0 Å². The fraction of sp³-hybridized carbons (Fsp3) is 0.500. The minimum absolute atomic E-state index is 0.137. The Balaban J connectivity index is 1.83. The molecular formula is C14H18BrFN2O2. The van der Waals surface area contributed by atoms with E-state index in [-0.39, 0.29) is 18.5 Å². The lowest BCUT2D eigenvalue weighted by molar-refractivity contribution is 0.137. The van der Waals surface area contributed by atoms with Crippen molar-refractivity contribution in [3.8, 4) is 0 Å². The Kier molecular flexibility index (Phi) is 5.37. The zero-order chi connectivity index (χ0) is 14.5. The molecule has 1 heterocycles. The number of nitrogens with zero attached hydrogens (tertiary/aromatic N) is 1. The molecule has 0 bridgehead atoms. The first-order valence-electron chi connectivity index (χ1n) is 6.67. The van der Waals surface area contributed by atoms with Crippen molar-refractivity contribution >= 4 is 22.0 Å². The second-order valence-electron chi connectivity index (χ2n) is 5.05. The fourth-order valence-electron chi connectivity index (χ4n) is 2.32. The molecule has 0 saturated carbocycles. The van der Waals surface area contributed by atoms with Gasteiger partial charge in [0, 0.05) is 30.7 Å². The van der Waals surface area contributed by atoms with Crippen molar-refractivity contribution in [1.82, 2.24) is 10.2 Å². The number of urea groups is 1. The smallest absolute Gasteiger partial charge is 0.317 e. The number of amides is 2. The number of hydrogen-bond acceptors (Lipinski definition) is 2. The molecule has 0 atom stereocenters. The molecule has 2 amide bonds. The maximum absolute atomic E-state index is 13.2. The molecule has 0 unspecified atom stereocenters. The summed E-state index contributed by atoms with van der Waals surface area (Å²) in [6, 6.07) is 4.43. The van der Waals surface area contributed by atoms with Crippen LogP contribution in [0.3, 0.4) is 0 Å². The summed E-state index contributed by atoms with van der Waals surface area (Å²) in [4.78, 5) is 13.7. The number of carbonyl (C=O) groups excluding carboxylic acids is 1. The second-order valence-corrected chi connectivity index (χ2v) is 5.97. The predicted molar refractivity (Wildman–Crippen MR) is 77.7 cm³/mol. The van der Waals surface area contributed by atoms with Gasteiger partial charge in [0.15, 0.2) is 0 Å². The van der Waals surface area contributed by atoms with Crippen molar-refractivity contribution in [1.29, 1.82) is 0 Å². The first kappa shape index (κ1) is 15.3. The van der Waals surface area contributed by atoms with Gasteiger partial charge in [0.2, 0.25) is 0 Å². The highest BCUT2D eigenvalue weighted by Gasteiger charge is 2.21. The van der Waals surface area contributed by atoms with Crippen LogP contribution in [0.4, 0.5) is 9.18 Å². The van der Waals surface area contributed by atoms with Crippen molar-refractivity contribution < 1.29 is 14.3 Å². The Bertz CT molecular complexity index is 456. The van der Waals surface area contributed by atoms with Crippen molar-refractivity contribution in [2.24, 2.45) is 5.92 Å². The summed E-state index contributed by atoms with van der Waals surface area (Å²) >= 11 is 3.22. The second kappa shape index (κ2) is 7.04. The fourth-order valence-corrected chi connectivity index (χ4v) is 2.83. The van der Waals surface area contributed by atoms with Crippen molar-refractivity contribution in [3.05, 3.63) is 34.1 Å². The molecule has 6 heteroatoms. The zero-order valence-electron chi connectivity index (χ0n) is 11.1. The van der Waals surface area contributed by atoms with E-state index in [4.69, 9.17) is 5.11 Å². The number of aliphatic hydroxyl groups excluding tert-OH is 1. The number of carbonyl (C=O) groups is 1. The summed E-state index contributed by atoms with van der Waals surface area (Å²) in [5.41, 5.74) is 0.718. The van der Waals surface area contributed by atoms with Crippen LogP contribution in [0.1, 0.15) is 18.4 Å². The van der Waals surface area contributed by atoms with E-state index in [0.29, 0.717) is 30.0 Å². The summed E-state index contributed by atoms with van der Waals surface area (Å²) in [6.07, 6.45) is 1.66. The van der Waals surface area contributed by atoms with E-state index in [1.165, 1.54) is 12.1 Å². The van der Waals surface area contributed by atoms with E-state index in [9.17, 15) is 9.18 Å². The van der Waals surface area contributed by atoms with Gasteiger partial charge in [-0.2, -0.15) is 0 Å². The molecule has 2 rings (SSSR count). The third-order valence-electron chi connectivity index (χ3n) is 3.53. The van der Waals surface area contributed by atoms with Gasteiger partial charge in [-0.1, -0.05) is 15.9 Å². The van der Waals surface area contributed by atoms with Gasteiger partial charge in [0.05, 0.1) is 0 Å². The predicted octanol–water partition coefficient (Wildman–Crippen LogP) is 2.50. The van der Waals surface area contributed by atoms with Gasteiger partial charge in [0.1, 0.15) is 5.82 Å². The summed E-state index contributed by atoms with van der Waals surface area (Å²) in [5, 5.41) is 11.9. The molecule has 1 saturated heterocycles. The number of benzene rings is 1. The minimum atomic E-state index is -0.326. The topological polar surface area (TPSA) is 52.6 Å². The summed E-state index contributed by atoms with van der Waals surface area (Å²) in [7, 11) is 0. The van der Waals surface area contributed by atoms with Gasteiger partial charge in [-0.15, -0.1) is 0 Å². The summed E-state index contributed by atoms with van der Waals surface area (Å²) in [6.45, 7) is 1.80. The van der Waals surface area contributed by atoms with Gasteiger partial charge in [0.25, 0.3) is 0 Å². The molecule has 4 nitrogen and oxygen atoms in total. The molecule has 110 valence electrons. The molecule has 1 aromatic carbocycles. The number of hydrogen-bond donors (Lipinski definition) is 2. The van der Waals surface area contributed by atoms with Crippen LogP contribution < -0.4 is 5.32 Å². The molecule has 20 heavy (non-hydrogen) atoms. The summed E-state index contributed by atoms with van der Waals surface area (Å²) < 4.78 is 13.9. The third-order valence-corrected chi connectivity index (χ3v) is 3.98. The standard InChI is InChI=1S/C14H18BrFN2O2/c15-12-5-11(6-13(16)7-12)8-17-14(20)18-3-1-10(9-19)2-4-18/h5-7,10,19H,1-4,8-9H2,(H,17,20). The first-order valence-corrected chi connectivity index (χ1v) is 7.46. The van der Waals surface area contributed by atoms with Crippen LogP contribution in [-0.4, -0.2) is 35.7 Å². The highest BCUT2D eigenvalue weighted by atomic mass is 79.9. The van der Waals surface area contributed by atoms with E-state index in [1.807, 2.05) is 0 Å². The third kappa shape index (κ3) is 4.18. The van der Waals surface area contributed by atoms with E-state index < -0.39 is 0 Å². The van der Waals surface area contributed by atoms with Gasteiger partial charge in [-0.05, 0) is 42.5 Å². The highest BCUT2D eigenvalue weighted by molar-refractivity contribution is 9.10. The van der Waals surface area contributed by atoms with Gasteiger partial charge in [-0.25, -0.2) is 9.18 Å². The average molecular weight is 345 g/mol. The van der Waals surface area contributed by atoms with Crippen LogP contribution in [0.25, 0.3) is 0 Å². The normalized spacial score (nSPS) is 16.2. The number of likely N-dealkylation sites (tertiary alicyclic amines) is 1. The van der Waals surface area contributed by atoms with Crippen LogP contribution in [0, 0.1) is 11.7 Å². The van der Waals surface area contributed by atoms with Gasteiger partial charge >= 0.3 is 6.03 Å². The maximum Gasteiger partial charge on any atom is 0.317 e. The molecule has 1 aliphatic heterocycles. The Morgan fingerprint density at radius 2 is 2.10 bits per heavy atom. The Morgan fingerprint density at radius 3 is 2.70 bits per heavy atom. The maximum atomic E-state index is 13.2. The SMILES string of the molecule is O=C(NCc1cc(F)cc(Br)c1)N1CCC(CO)CC1. The number of halogens is 2. The number of nitrogens with one attached hydrogen (secondary N) is 1. The molecular weight excluding hydrogens is 327 g/mol. The molecule has 0 aromatic heterocycles.